The van der Waals surface area contributed by atoms with Crippen molar-refractivity contribution in [1.82, 2.24) is 5.32 Å². The molecule has 144 valence electrons. The summed E-state index contributed by atoms with van der Waals surface area (Å²) in [4.78, 5) is 45.5. The molecule has 1 saturated heterocycles. The van der Waals surface area contributed by atoms with Crippen molar-refractivity contribution in [3.05, 3.63) is 34.9 Å². The summed E-state index contributed by atoms with van der Waals surface area (Å²) in [5, 5.41) is 39.5. The Morgan fingerprint density at radius 2 is 1.81 bits per heavy atom. The van der Waals surface area contributed by atoms with Gasteiger partial charge in [0.25, 0.3) is 0 Å². The second-order valence-electron chi connectivity index (χ2n) is 6.12. The van der Waals surface area contributed by atoms with E-state index >= 15 is 0 Å². The fraction of sp³-hybridized carbons (Fsp3) is 0.375. The number of carbonyl (C=O) groups excluding carboxylic acids is 1. The minimum Gasteiger partial charge on any atom is -0.481 e. The molecular formula is C16H18BNO9. The number of rotatable bonds is 7. The van der Waals surface area contributed by atoms with Crippen LogP contribution in [0.15, 0.2) is 18.2 Å². The van der Waals surface area contributed by atoms with E-state index in [1.165, 1.54) is 12.1 Å². The number of aliphatic carboxylic acids is 1. The Morgan fingerprint density at radius 1 is 1.11 bits per heavy atom. The van der Waals surface area contributed by atoms with Crippen LogP contribution >= 0.6 is 0 Å². The highest BCUT2D eigenvalue weighted by Crippen LogP contribution is 2.20. The molecule has 2 atom stereocenters. The lowest BCUT2D eigenvalue weighted by Crippen LogP contribution is -2.53. The molecule has 5 N–H and O–H groups in total. The summed E-state index contributed by atoms with van der Waals surface area (Å²) in [6, 6.07) is 3.81. The zero-order valence-corrected chi connectivity index (χ0v) is 14.1. The van der Waals surface area contributed by atoms with E-state index in [0.29, 0.717) is 6.42 Å². The molecular weight excluding hydrogens is 361 g/mol. The number of carboxylic acid groups (broad SMARTS) is 3. The van der Waals surface area contributed by atoms with Gasteiger partial charge in [0.1, 0.15) is 0 Å². The number of benzene rings is 1. The van der Waals surface area contributed by atoms with Crippen LogP contribution in [0.5, 0.6) is 0 Å². The van der Waals surface area contributed by atoms with E-state index in [2.05, 4.69) is 5.32 Å². The average Bonchev–Trinajstić information content (AvgIpc) is 2.56. The van der Waals surface area contributed by atoms with E-state index in [-0.39, 0.29) is 18.4 Å². The van der Waals surface area contributed by atoms with Gasteiger partial charge >= 0.3 is 25.0 Å². The predicted octanol–water partition coefficient (Wildman–Crippen LogP) is -0.216. The second kappa shape index (κ2) is 8.65. The van der Waals surface area contributed by atoms with Crippen LogP contribution in [0, 0.1) is 0 Å². The lowest BCUT2D eigenvalue weighted by molar-refractivity contribution is -0.139. The maximum absolute atomic E-state index is 12.2. The molecule has 1 heterocycles. The SMILES string of the molecule is O=C(O)CC1CC[C@H](NC(=O)Cc2cccc(C(=O)O)c2C(=O)O)B(O)O1. The van der Waals surface area contributed by atoms with Crippen LogP contribution in [0.1, 0.15) is 45.5 Å². The molecule has 1 amide bonds. The highest BCUT2D eigenvalue weighted by atomic mass is 16.5. The van der Waals surface area contributed by atoms with Crippen LogP contribution in [0.3, 0.4) is 0 Å². The van der Waals surface area contributed by atoms with Gasteiger partial charge in [-0.3, -0.25) is 9.59 Å². The third-order valence-electron chi connectivity index (χ3n) is 4.17. The van der Waals surface area contributed by atoms with Crippen molar-refractivity contribution in [2.24, 2.45) is 0 Å². The fourth-order valence-electron chi connectivity index (χ4n) is 2.97. The first-order chi connectivity index (χ1) is 12.7. The monoisotopic (exact) mass is 379 g/mol. The van der Waals surface area contributed by atoms with E-state index in [4.69, 9.17) is 14.9 Å². The Morgan fingerprint density at radius 3 is 2.37 bits per heavy atom. The summed E-state index contributed by atoms with van der Waals surface area (Å²) in [5.41, 5.74) is -0.873. The molecule has 1 unspecified atom stereocenters. The molecule has 1 aliphatic heterocycles. The van der Waals surface area contributed by atoms with E-state index in [0.717, 1.165) is 6.07 Å². The molecule has 1 aliphatic rings. The van der Waals surface area contributed by atoms with Crippen molar-refractivity contribution in [2.45, 2.75) is 37.7 Å². The highest BCUT2D eigenvalue weighted by molar-refractivity contribution is 6.45. The maximum Gasteiger partial charge on any atom is 0.478 e. The minimum absolute atomic E-state index is 0.0230. The Labute approximate surface area is 153 Å². The number of amides is 1. The van der Waals surface area contributed by atoms with Gasteiger partial charge in [-0.05, 0) is 24.5 Å². The molecule has 0 spiro atoms. The smallest absolute Gasteiger partial charge is 0.478 e. The Kier molecular flexibility index (Phi) is 6.53. The third kappa shape index (κ3) is 5.28. The summed E-state index contributed by atoms with van der Waals surface area (Å²) >= 11 is 0. The molecule has 0 saturated carbocycles. The Hall–Kier alpha value is -2.92. The van der Waals surface area contributed by atoms with E-state index in [1.807, 2.05) is 0 Å². The predicted molar refractivity (Wildman–Crippen MR) is 90.3 cm³/mol. The summed E-state index contributed by atoms with van der Waals surface area (Å²) in [6.45, 7) is 0. The van der Waals surface area contributed by atoms with Crippen molar-refractivity contribution >= 4 is 30.9 Å². The lowest BCUT2D eigenvalue weighted by atomic mass is 9.72. The zero-order chi connectivity index (χ0) is 20.1. The van der Waals surface area contributed by atoms with Crippen LogP contribution in [-0.2, 0) is 20.7 Å². The van der Waals surface area contributed by atoms with Crippen LogP contribution in [0.2, 0.25) is 0 Å². The summed E-state index contributed by atoms with van der Waals surface area (Å²) < 4.78 is 5.16. The molecule has 0 radical (unpaired) electrons. The van der Waals surface area contributed by atoms with Crippen molar-refractivity contribution in [1.29, 1.82) is 0 Å². The van der Waals surface area contributed by atoms with Crippen LogP contribution in [0.4, 0.5) is 0 Å². The first kappa shape index (κ1) is 20.4. The topological polar surface area (TPSA) is 170 Å². The molecule has 2 rings (SSSR count). The zero-order valence-electron chi connectivity index (χ0n) is 14.1. The fourth-order valence-corrected chi connectivity index (χ4v) is 2.97. The number of hydrogen-bond acceptors (Lipinski definition) is 6. The van der Waals surface area contributed by atoms with Gasteiger partial charge in [0.2, 0.25) is 5.91 Å². The molecule has 27 heavy (non-hydrogen) atoms. The number of carbonyl (C=O) groups is 4. The third-order valence-corrected chi connectivity index (χ3v) is 4.17. The lowest BCUT2D eigenvalue weighted by Gasteiger charge is -2.30. The molecule has 0 aliphatic carbocycles. The summed E-state index contributed by atoms with van der Waals surface area (Å²) in [5.74, 6) is -5.35. The number of carboxylic acids is 3. The standard InChI is InChI=1S/C16H18BNO9/c19-12(18-11-5-4-9(7-13(20)21)27-17(11)26)6-8-2-1-3-10(15(22)23)14(8)16(24)25/h1-3,9,11,26H,4-7H2,(H,18,19)(H,20,21)(H,22,23)(H,24,25)/t9?,11-/m0/s1. The highest BCUT2D eigenvalue weighted by Gasteiger charge is 2.36. The Balaban J connectivity index is 2.04. The van der Waals surface area contributed by atoms with Gasteiger partial charge in [0.15, 0.2) is 0 Å². The molecule has 10 nitrogen and oxygen atoms in total. The minimum atomic E-state index is -1.46. The maximum atomic E-state index is 12.2. The number of hydrogen-bond donors (Lipinski definition) is 5. The summed E-state index contributed by atoms with van der Waals surface area (Å²) in [6.07, 6.45) is -0.710. The van der Waals surface area contributed by atoms with Gasteiger partial charge in [-0.2, -0.15) is 0 Å². The molecule has 0 aromatic heterocycles. The van der Waals surface area contributed by atoms with Gasteiger partial charge in [0.05, 0.1) is 36.0 Å². The van der Waals surface area contributed by atoms with Crippen molar-refractivity contribution < 1.29 is 44.2 Å². The number of nitrogens with one attached hydrogen (secondary N) is 1. The number of aromatic carboxylic acids is 2. The van der Waals surface area contributed by atoms with Crippen LogP contribution < -0.4 is 5.32 Å². The van der Waals surface area contributed by atoms with Gasteiger partial charge in [-0.25, -0.2) is 9.59 Å². The van der Waals surface area contributed by atoms with E-state index < -0.39 is 60.5 Å². The van der Waals surface area contributed by atoms with E-state index in [9.17, 15) is 29.3 Å². The average molecular weight is 379 g/mol. The normalized spacial score (nSPS) is 19.4. The quantitative estimate of drug-likeness (QED) is 0.402. The molecule has 11 heteroatoms. The van der Waals surface area contributed by atoms with Gasteiger partial charge in [0, 0.05) is 0 Å². The van der Waals surface area contributed by atoms with Crippen molar-refractivity contribution in [2.75, 3.05) is 0 Å². The first-order valence-electron chi connectivity index (χ1n) is 8.12. The summed E-state index contributed by atoms with van der Waals surface area (Å²) in [7, 11) is -1.39. The van der Waals surface area contributed by atoms with Gasteiger partial charge in [-0.15, -0.1) is 0 Å². The molecule has 1 aromatic carbocycles. The van der Waals surface area contributed by atoms with E-state index in [1.54, 1.807) is 0 Å². The van der Waals surface area contributed by atoms with Gasteiger partial charge in [-0.1, -0.05) is 12.1 Å². The largest absolute Gasteiger partial charge is 0.481 e. The first-order valence-corrected chi connectivity index (χ1v) is 8.12. The van der Waals surface area contributed by atoms with Gasteiger partial charge < -0.3 is 30.3 Å². The van der Waals surface area contributed by atoms with Crippen molar-refractivity contribution in [3.8, 4) is 0 Å². The molecule has 1 aromatic rings. The molecule has 0 bridgehead atoms. The second-order valence-corrected chi connectivity index (χ2v) is 6.12. The molecule has 1 fully saturated rings. The Bertz CT molecular complexity index is 766. The van der Waals surface area contributed by atoms with Crippen LogP contribution in [-0.4, -0.2) is 63.3 Å². The van der Waals surface area contributed by atoms with Crippen molar-refractivity contribution in [3.63, 3.8) is 0 Å². The van der Waals surface area contributed by atoms with Crippen LogP contribution in [0.25, 0.3) is 0 Å².